The number of hydrogen-bond donors (Lipinski definition) is 1. The van der Waals surface area contributed by atoms with Crippen LogP contribution in [0.3, 0.4) is 0 Å². The van der Waals surface area contributed by atoms with Crippen LogP contribution in [0.1, 0.15) is 19.8 Å². The Bertz CT molecular complexity index is 97.6. The molecule has 0 unspecified atom stereocenters. The van der Waals surface area contributed by atoms with Gasteiger partial charge >= 0.3 is 0 Å². The van der Waals surface area contributed by atoms with Gasteiger partial charge in [-0.15, -0.1) is 6.58 Å². The lowest BCUT2D eigenvalue weighted by Gasteiger charge is -2.41. The minimum atomic E-state index is 0.585. The van der Waals surface area contributed by atoms with E-state index in [1.807, 2.05) is 6.08 Å². The van der Waals surface area contributed by atoms with E-state index in [4.69, 9.17) is 0 Å². The third kappa shape index (κ3) is 1.16. The van der Waals surface area contributed by atoms with Crippen molar-refractivity contribution in [2.24, 2.45) is 5.41 Å². The molecule has 0 aromatic heterocycles. The standard InChI is InChI=1S/C8H15N/c1-3-5-8(4-2)6-9-7-8/h3,9H,1,4-7H2,2H3. The van der Waals surface area contributed by atoms with Crippen molar-refractivity contribution in [2.45, 2.75) is 19.8 Å². The van der Waals surface area contributed by atoms with Gasteiger partial charge in [0.25, 0.3) is 0 Å². The van der Waals surface area contributed by atoms with Gasteiger partial charge < -0.3 is 5.32 Å². The van der Waals surface area contributed by atoms with Gasteiger partial charge in [-0.05, 0) is 18.3 Å². The molecule has 1 rings (SSSR count). The third-order valence-corrected chi connectivity index (χ3v) is 2.33. The summed E-state index contributed by atoms with van der Waals surface area (Å²) >= 11 is 0. The Balaban J connectivity index is 2.36. The molecular weight excluding hydrogens is 110 g/mol. The van der Waals surface area contributed by atoms with Crippen molar-refractivity contribution in [1.29, 1.82) is 0 Å². The second-order valence-electron chi connectivity index (χ2n) is 2.95. The highest BCUT2D eigenvalue weighted by atomic mass is 15.0. The maximum Gasteiger partial charge on any atom is 0.00231 e. The van der Waals surface area contributed by atoms with E-state index >= 15 is 0 Å². The van der Waals surface area contributed by atoms with E-state index in [9.17, 15) is 0 Å². The quantitative estimate of drug-likeness (QED) is 0.564. The molecule has 1 aliphatic heterocycles. The van der Waals surface area contributed by atoms with Crippen LogP contribution in [0.4, 0.5) is 0 Å². The van der Waals surface area contributed by atoms with Gasteiger partial charge in [0.05, 0.1) is 0 Å². The highest BCUT2D eigenvalue weighted by Crippen LogP contribution is 2.30. The van der Waals surface area contributed by atoms with Crippen molar-refractivity contribution < 1.29 is 0 Å². The first-order valence-electron chi connectivity index (χ1n) is 3.64. The summed E-state index contributed by atoms with van der Waals surface area (Å²) in [4.78, 5) is 0. The van der Waals surface area contributed by atoms with E-state index in [0.29, 0.717) is 5.41 Å². The van der Waals surface area contributed by atoms with Crippen LogP contribution < -0.4 is 5.32 Å². The molecule has 1 saturated heterocycles. The summed E-state index contributed by atoms with van der Waals surface area (Å²) in [5, 5.41) is 3.29. The van der Waals surface area contributed by atoms with Crippen molar-refractivity contribution in [2.75, 3.05) is 13.1 Å². The van der Waals surface area contributed by atoms with Gasteiger partial charge in [0.15, 0.2) is 0 Å². The minimum Gasteiger partial charge on any atom is -0.316 e. The molecule has 0 spiro atoms. The molecule has 0 saturated carbocycles. The SMILES string of the molecule is C=CCC1(CC)CNC1. The van der Waals surface area contributed by atoms with Crippen LogP contribution in [0, 0.1) is 5.41 Å². The second kappa shape index (κ2) is 2.53. The molecule has 0 aliphatic carbocycles. The number of hydrogen-bond acceptors (Lipinski definition) is 1. The van der Waals surface area contributed by atoms with Crippen LogP contribution in [0.2, 0.25) is 0 Å². The second-order valence-corrected chi connectivity index (χ2v) is 2.95. The summed E-state index contributed by atoms with van der Waals surface area (Å²) < 4.78 is 0. The zero-order chi connectivity index (χ0) is 6.74. The molecule has 1 fully saturated rings. The van der Waals surface area contributed by atoms with Gasteiger partial charge in [-0.25, -0.2) is 0 Å². The summed E-state index contributed by atoms with van der Waals surface area (Å²) in [6.07, 6.45) is 4.49. The first-order chi connectivity index (χ1) is 4.33. The first-order valence-corrected chi connectivity index (χ1v) is 3.64. The van der Waals surface area contributed by atoms with Crippen molar-refractivity contribution in [3.8, 4) is 0 Å². The van der Waals surface area contributed by atoms with Crippen LogP contribution in [-0.4, -0.2) is 13.1 Å². The van der Waals surface area contributed by atoms with Crippen LogP contribution in [0.15, 0.2) is 12.7 Å². The predicted molar refractivity (Wildman–Crippen MR) is 40.4 cm³/mol. The molecule has 0 amide bonds. The van der Waals surface area contributed by atoms with Gasteiger partial charge in [-0.3, -0.25) is 0 Å². The Labute approximate surface area is 57.1 Å². The zero-order valence-electron chi connectivity index (χ0n) is 6.11. The molecule has 9 heavy (non-hydrogen) atoms. The Morgan fingerprint density at radius 1 is 1.67 bits per heavy atom. The fraction of sp³-hybridized carbons (Fsp3) is 0.750. The van der Waals surface area contributed by atoms with E-state index in [-0.39, 0.29) is 0 Å². The van der Waals surface area contributed by atoms with Gasteiger partial charge in [0, 0.05) is 13.1 Å². The molecule has 0 aromatic rings. The van der Waals surface area contributed by atoms with Gasteiger partial charge in [0.2, 0.25) is 0 Å². The summed E-state index contributed by atoms with van der Waals surface area (Å²) in [5.41, 5.74) is 0.585. The average molecular weight is 125 g/mol. The monoisotopic (exact) mass is 125 g/mol. The van der Waals surface area contributed by atoms with Crippen molar-refractivity contribution in [3.63, 3.8) is 0 Å². The van der Waals surface area contributed by atoms with Gasteiger partial charge in [-0.2, -0.15) is 0 Å². The van der Waals surface area contributed by atoms with Crippen molar-refractivity contribution in [3.05, 3.63) is 12.7 Å². The van der Waals surface area contributed by atoms with Gasteiger partial charge in [0.1, 0.15) is 0 Å². The largest absolute Gasteiger partial charge is 0.316 e. The van der Waals surface area contributed by atoms with Crippen molar-refractivity contribution >= 4 is 0 Å². The molecule has 1 heteroatoms. The highest BCUT2D eigenvalue weighted by molar-refractivity contribution is 4.95. The maximum atomic E-state index is 3.75. The van der Waals surface area contributed by atoms with E-state index in [1.54, 1.807) is 0 Å². The van der Waals surface area contributed by atoms with E-state index in [0.717, 1.165) is 0 Å². The average Bonchev–Trinajstić information content (AvgIpc) is 1.79. The first kappa shape index (κ1) is 6.81. The maximum absolute atomic E-state index is 3.75. The van der Waals surface area contributed by atoms with Crippen LogP contribution in [0.25, 0.3) is 0 Å². The summed E-state index contributed by atoms with van der Waals surface area (Å²) in [6.45, 7) is 8.38. The predicted octanol–water partition coefficient (Wildman–Crippen LogP) is 1.56. The molecule has 0 atom stereocenters. The Hall–Kier alpha value is -0.300. The Morgan fingerprint density at radius 2 is 2.33 bits per heavy atom. The summed E-state index contributed by atoms with van der Waals surface area (Å²) in [7, 11) is 0. The van der Waals surface area contributed by atoms with Crippen LogP contribution in [-0.2, 0) is 0 Å². The summed E-state index contributed by atoms with van der Waals surface area (Å²) in [5.74, 6) is 0. The molecule has 1 nitrogen and oxygen atoms in total. The fourth-order valence-electron chi connectivity index (χ4n) is 1.32. The number of rotatable bonds is 3. The van der Waals surface area contributed by atoms with E-state index in [2.05, 4.69) is 18.8 Å². The minimum absolute atomic E-state index is 0.585. The normalized spacial score (nSPS) is 22.8. The smallest absolute Gasteiger partial charge is 0.00231 e. The molecule has 0 radical (unpaired) electrons. The molecule has 0 aromatic carbocycles. The van der Waals surface area contributed by atoms with Crippen molar-refractivity contribution in [1.82, 2.24) is 5.32 Å². The fourth-order valence-corrected chi connectivity index (χ4v) is 1.32. The third-order valence-electron chi connectivity index (χ3n) is 2.33. The lowest BCUT2D eigenvalue weighted by atomic mass is 9.76. The van der Waals surface area contributed by atoms with Crippen LogP contribution >= 0.6 is 0 Å². The molecule has 1 heterocycles. The lowest BCUT2D eigenvalue weighted by Crippen LogP contribution is -2.52. The number of nitrogens with one attached hydrogen (secondary N) is 1. The molecule has 1 aliphatic rings. The van der Waals surface area contributed by atoms with E-state index in [1.165, 1.54) is 25.9 Å². The van der Waals surface area contributed by atoms with Crippen LogP contribution in [0.5, 0.6) is 0 Å². The topological polar surface area (TPSA) is 12.0 Å². The lowest BCUT2D eigenvalue weighted by molar-refractivity contribution is 0.164. The molecule has 1 N–H and O–H groups in total. The Morgan fingerprint density at radius 3 is 2.44 bits per heavy atom. The molecule has 0 bridgehead atoms. The highest BCUT2D eigenvalue weighted by Gasteiger charge is 2.32. The van der Waals surface area contributed by atoms with Gasteiger partial charge in [-0.1, -0.05) is 13.0 Å². The zero-order valence-corrected chi connectivity index (χ0v) is 6.11. The summed E-state index contributed by atoms with van der Waals surface area (Å²) in [6, 6.07) is 0. The number of allylic oxidation sites excluding steroid dienone is 1. The Kier molecular flexibility index (Phi) is 1.91. The molecular formula is C8H15N. The molecule has 52 valence electrons. The van der Waals surface area contributed by atoms with E-state index < -0.39 is 0 Å².